The Bertz CT molecular complexity index is 611. The number of nitrogens with zero attached hydrogens (tertiary/aromatic N) is 3. The number of rotatable bonds is 4. The lowest BCUT2D eigenvalue weighted by Gasteiger charge is -2.27. The molecule has 1 aromatic heterocycles. The van der Waals surface area contributed by atoms with Gasteiger partial charge in [-0.05, 0) is 26.0 Å². The average Bonchev–Trinajstić information content (AvgIpc) is 2.34. The van der Waals surface area contributed by atoms with Crippen LogP contribution in [-0.2, 0) is 4.79 Å². The molecule has 0 unspecified atom stereocenters. The number of benzene rings is 1. The number of hydrogen-bond donors (Lipinski definition) is 2. The number of nitrogen functional groups attached to an aromatic ring is 1. The van der Waals surface area contributed by atoms with Gasteiger partial charge < -0.3 is 16.4 Å². The van der Waals surface area contributed by atoms with E-state index in [0.717, 1.165) is 10.9 Å². The molecule has 6 nitrogen and oxygen atoms in total. The maximum atomic E-state index is 11.2. The minimum Gasteiger partial charge on any atom is -0.368 e. The monoisotopic (exact) mass is 259 g/mol. The first kappa shape index (κ1) is 13.1. The molecule has 1 aromatic carbocycles. The fraction of sp³-hybridized carbons (Fsp3) is 0.308. The highest BCUT2D eigenvalue weighted by molar-refractivity contribution is 5.92. The Hall–Kier alpha value is -2.37. The van der Waals surface area contributed by atoms with Gasteiger partial charge >= 0.3 is 0 Å². The van der Waals surface area contributed by atoms with Gasteiger partial charge in [-0.2, -0.15) is 4.98 Å². The van der Waals surface area contributed by atoms with Gasteiger partial charge in [0.2, 0.25) is 11.9 Å². The van der Waals surface area contributed by atoms with Gasteiger partial charge in [-0.25, -0.2) is 4.98 Å². The van der Waals surface area contributed by atoms with Crippen molar-refractivity contribution in [1.29, 1.82) is 0 Å². The summed E-state index contributed by atoms with van der Waals surface area (Å²) in [4.78, 5) is 21.5. The normalized spacial score (nSPS) is 10.9. The summed E-state index contributed by atoms with van der Waals surface area (Å²) in [5, 5.41) is 0.853. The molecule has 0 atom stereocenters. The van der Waals surface area contributed by atoms with Crippen molar-refractivity contribution in [2.45, 2.75) is 19.9 Å². The van der Waals surface area contributed by atoms with E-state index in [1.807, 2.05) is 43.0 Å². The van der Waals surface area contributed by atoms with Crippen LogP contribution in [-0.4, -0.2) is 28.5 Å². The minimum atomic E-state index is -0.407. The van der Waals surface area contributed by atoms with Gasteiger partial charge in [0.05, 0.1) is 12.1 Å². The van der Waals surface area contributed by atoms with Crippen LogP contribution in [0.25, 0.3) is 10.9 Å². The molecule has 19 heavy (non-hydrogen) atoms. The molecule has 0 bridgehead atoms. The Balaban J connectivity index is 2.61. The van der Waals surface area contributed by atoms with Crippen LogP contribution in [0.4, 0.5) is 11.8 Å². The summed E-state index contributed by atoms with van der Waals surface area (Å²) < 4.78 is 0. The van der Waals surface area contributed by atoms with Gasteiger partial charge in [0, 0.05) is 11.4 Å². The number of fused-ring (bicyclic) bond motifs is 1. The Labute approximate surface area is 111 Å². The predicted octanol–water partition coefficient (Wildman–Crippen LogP) is 0.912. The zero-order valence-electron chi connectivity index (χ0n) is 11.0. The smallest absolute Gasteiger partial charge is 0.237 e. The maximum Gasteiger partial charge on any atom is 0.237 e. The first-order chi connectivity index (χ1) is 8.99. The van der Waals surface area contributed by atoms with Crippen LogP contribution in [0.15, 0.2) is 24.3 Å². The van der Waals surface area contributed by atoms with Gasteiger partial charge in [-0.15, -0.1) is 0 Å². The second-order valence-corrected chi connectivity index (χ2v) is 4.61. The molecule has 0 aliphatic rings. The summed E-state index contributed by atoms with van der Waals surface area (Å²) in [5.74, 6) is 0.413. The Morgan fingerprint density at radius 2 is 2.00 bits per heavy atom. The molecule has 0 aliphatic heterocycles. The molecular weight excluding hydrogens is 242 g/mol. The number of amides is 1. The molecule has 1 amide bonds. The van der Waals surface area contributed by atoms with Gasteiger partial charge in [0.25, 0.3) is 0 Å². The number of nitrogens with two attached hydrogens (primary N) is 2. The highest BCUT2D eigenvalue weighted by atomic mass is 16.1. The Morgan fingerprint density at radius 1 is 1.32 bits per heavy atom. The van der Waals surface area contributed by atoms with Gasteiger partial charge in [0.1, 0.15) is 5.82 Å². The van der Waals surface area contributed by atoms with Crippen molar-refractivity contribution < 1.29 is 4.79 Å². The first-order valence-electron chi connectivity index (χ1n) is 6.06. The number of carbonyl (C=O) groups excluding carboxylic acids is 1. The number of para-hydroxylation sites is 1. The SMILES string of the molecule is CC(C)N(CC(N)=O)c1nc(N)nc2ccccc12. The molecule has 2 rings (SSSR count). The van der Waals surface area contributed by atoms with Crippen molar-refractivity contribution in [3.05, 3.63) is 24.3 Å². The van der Waals surface area contributed by atoms with Crippen LogP contribution >= 0.6 is 0 Å². The molecule has 0 saturated heterocycles. The molecule has 6 heteroatoms. The van der Waals surface area contributed by atoms with E-state index in [2.05, 4.69) is 9.97 Å². The van der Waals surface area contributed by atoms with Crippen LogP contribution in [0.5, 0.6) is 0 Å². The van der Waals surface area contributed by atoms with E-state index in [-0.39, 0.29) is 18.5 Å². The molecule has 4 N–H and O–H groups in total. The molecule has 2 aromatic rings. The molecule has 0 saturated carbocycles. The van der Waals surface area contributed by atoms with Crippen molar-refractivity contribution >= 4 is 28.6 Å². The third-order valence-electron chi connectivity index (χ3n) is 2.82. The number of hydrogen-bond acceptors (Lipinski definition) is 5. The van der Waals surface area contributed by atoms with Crippen LogP contribution in [0.2, 0.25) is 0 Å². The summed E-state index contributed by atoms with van der Waals surface area (Å²) >= 11 is 0. The zero-order valence-corrected chi connectivity index (χ0v) is 11.0. The number of anilines is 2. The molecule has 0 aliphatic carbocycles. The highest BCUT2D eigenvalue weighted by Crippen LogP contribution is 2.25. The third-order valence-corrected chi connectivity index (χ3v) is 2.82. The fourth-order valence-corrected chi connectivity index (χ4v) is 1.97. The third kappa shape index (κ3) is 2.73. The topological polar surface area (TPSA) is 98.1 Å². The van der Waals surface area contributed by atoms with Crippen LogP contribution in [0.3, 0.4) is 0 Å². The van der Waals surface area contributed by atoms with Crippen molar-refractivity contribution in [1.82, 2.24) is 9.97 Å². The van der Waals surface area contributed by atoms with E-state index in [1.165, 1.54) is 0 Å². The summed E-state index contributed by atoms with van der Waals surface area (Å²) in [7, 11) is 0. The molecular formula is C13H17N5O. The van der Waals surface area contributed by atoms with Crippen molar-refractivity contribution in [3.8, 4) is 0 Å². The molecule has 0 fully saturated rings. The summed E-state index contributed by atoms with van der Waals surface area (Å²) in [6, 6.07) is 7.62. The second kappa shape index (κ2) is 5.09. The largest absolute Gasteiger partial charge is 0.368 e. The zero-order chi connectivity index (χ0) is 14.0. The highest BCUT2D eigenvalue weighted by Gasteiger charge is 2.18. The van der Waals surface area contributed by atoms with Crippen LogP contribution < -0.4 is 16.4 Å². The van der Waals surface area contributed by atoms with E-state index >= 15 is 0 Å². The summed E-state index contributed by atoms with van der Waals surface area (Å²) in [5.41, 5.74) is 11.8. The first-order valence-corrected chi connectivity index (χ1v) is 6.06. The lowest BCUT2D eigenvalue weighted by atomic mass is 10.2. The van der Waals surface area contributed by atoms with Gasteiger partial charge in [-0.3, -0.25) is 4.79 Å². The summed E-state index contributed by atoms with van der Waals surface area (Å²) in [6.07, 6.45) is 0. The van der Waals surface area contributed by atoms with E-state index in [1.54, 1.807) is 0 Å². The van der Waals surface area contributed by atoms with E-state index < -0.39 is 5.91 Å². The molecule has 1 heterocycles. The van der Waals surface area contributed by atoms with Crippen LogP contribution in [0.1, 0.15) is 13.8 Å². The number of carbonyl (C=O) groups is 1. The average molecular weight is 259 g/mol. The quantitative estimate of drug-likeness (QED) is 0.850. The van der Waals surface area contributed by atoms with Crippen molar-refractivity contribution in [2.75, 3.05) is 17.2 Å². The minimum absolute atomic E-state index is 0.0743. The lowest BCUT2D eigenvalue weighted by Crippen LogP contribution is -2.39. The van der Waals surface area contributed by atoms with E-state index in [0.29, 0.717) is 5.82 Å². The molecule has 0 radical (unpaired) electrons. The molecule has 100 valence electrons. The maximum absolute atomic E-state index is 11.2. The van der Waals surface area contributed by atoms with Crippen LogP contribution in [0, 0.1) is 0 Å². The Morgan fingerprint density at radius 3 is 2.63 bits per heavy atom. The molecule has 0 spiro atoms. The van der Waals surface area contributed by atoms with E-state index in [9.17, 15) is 4.79 Å². The number of primary amides is 1. The number of aromatic nitrogens is 2. The van der Waals surface area contributed by atoms with Gasteiger partial charge in [0.15, 0.2) is 0 Å². The van der Waals surface area contributed by atoms with Gasteiger partial charge in [-0.1, -0.05) is 12.1 Å². The standard InChI is InChI=1S/C13H17N5O/c1-8(2)18(7-11(14)19)12-9-5-3-4-6-10(9)16-13(15)17-12/h3-6,8H,7H2,1-2H3,(H2,14,19)(H2,15,16,17). The lowest BCUT2D eigenvalue weighted by molar-refractivity contribution is -0.116. The summed E-state index contributed by atoms with van der Waals surface area (Å²) in [6.45, 7) is 4.03. The predicted molar refractivity (Wildman–Crippen MR) is 75.6 cm³/mol. The second-order valence-electron chi connectivity index (χ2n) is 4.61. The Kier molecular flexibility index (Phi) is 3.50. The van der Waals surface area contributed by atoms with Crippen molar-refractivity contribution in [3.63, 3.8) is 0 Å². The fourth-order valence-electron chi connectivity index (χ4n) is 1.97. The van der Waals surface area contributed by atoms with E-state index in [4.69, 9.17) is 11.5 Å². The van der Waals surface area contributed by atoms with Crippen molar-refractivity contribution in [2.24, 2.45) is 5.73 Å².